The lowest BCUT2D eigenvalue weighted by molar-refractivity contribution is -0.0439. The number of aromatic amines is 1. The number of aromatic nitrogens is 3. The van der Waals surface area contributed by atoms with Crippen molar-refractivity contribution in [2.75, 3.05) is 39.3 Å². The molecule has 2 aliphatic heterocycles. The highest BCUT2D eigenvalue weighted by atomic mass is 35.5. The van der Waals surface area contributed by atoms with E-state index in [2.05, 4.69) is 39.2 Å². The van der Waals surface area contributed by atoms with Gasteiger partial charge in [0.1, 0.15) is 11.9 Å². The number of nitrogens with one attached hydrogen (secondary N) is 2. The maximum absolute atomic E-state index is 5.85. The molecule has 3 heterocycles. The van der Waals surface area contributed by atoms with Crippen molar-refractivity contribution in [2.45, 2.75) is 32.8 Å². The minimum atomic E-state index is 0. The van der Waals surface area contributed by atoms with Crippen molar-refractivity contribution in [3.05, 3.63) is 11.6 Å². The Morgan fingerprint density at radius 3 is 3.00 bits per heavy atom. The predicted octanol–water partition coefficient (Wildman–Crippen LogP) is 1.16. The Hall–Kier alpha value is -0.690. The van der Waals surface area contributed by atoms with E-state index in [4.69, 9.17) is 4.74 Å². The first-order valence-electron chi connectivity index (χ1n) is 7.64. The molecule has 2 saturated heterocycles. The summed E-state index contributed by atoms with van der Waals surface area (Å²) >= 11 is 0. The number of morpholine rings is 1. The van der Waals surface area contributed by atoms with E-state index in [9.17, 15) is 0 Å². The van der Waals surface area contributed by atoms with Crippen LogP contribution in [-0.2, 0) is 11.2 Å². The highest BCUT2D eigenvalue weighted by Crippen LogP contribution is 2.28. The van der Waals surface area contributed by atoms with Gasteiger partial charge in [0, 0.05) is 32.6 Å². The quantitative estimate of drug-likeness (QED) is 0.873. The molecule has 1 aromatic rings. The Morgan fingerprint density at radius 2 is 2.33 bits per heavy atom. The topological polar surface area (TPSA) is 66.1 Å². The minimum absolute atomic E-state index is 0. The van der Waals surface area contributed by atoms with Crippen molar-refractivity contribution >= 4 is 12.4 Å². The van der Waals surface area contributed by atoms with Gasteiger partial charge in [-0.1, -0.05) is 13.8 Å². The van der Waals surface area contributed by atoms with E-state index in [1.807, 2.05) is 0 Å². The molecular weight excluding hydrogens is 290 g/mol. The van der Waals surface area contributed by atoms with E-state index in [0.717, 1.165) is 57.4 Å². The number of halogens is 1. The Kier molecular flexibility index (Phi) is 5.60. The second-order valence-electron chi connectivity index (χ2n) is 6.33. The SMILES string of the molecule is CCc1nc(C2CN(CC3(C)CCNC3)CCO2)n[nH]1.Cl. The molecule has 1 aromatic heterocycles. The van der Waals surface area contributed by atoms with Gasteiger partial charge >= 0.3 is 0 Å². The molecular formula is C14H26ClN5O. The maximum atomic E-state index is 5.85. The Balaban J connectivity index is 0.00000161. The van der Waals surface area contributed by atoms with Crippen LogP contribution in [0, 0.1) is 5.41 Å². The molecule has 7 heteroatoms. The molecule has 21 heavy (non-hydrogen) atoms. The summed E-state index contributed by atoms with van der Waals surface area (Å²) in [5.74, 6) is 1.74. The number of hydrogen-bond acceptors (Lipinski definition) is 5. The number of H-pyrrole nitrogens is 1. The standard InChI is InChI=1S/C14H25N5O.ClH/c1-3-12-16-13(18-17-12)11-8-19(6-7-20-11)10-14(2)4-5-15-9-14;/h11,15H,3-10H2,1-2H3,(H,16,17,18);1H. The van der Waals surface area contributed by atoms with Crippen LogP contribution >= 0.6 is 12.4 Å². The van der Waals surface area contributed by atoms with Gasteiger partial charge in [0.25, 0.3) is 0 Å². The highest BCUT2D eigenvalue weighted by Gasteiger charge is 2.33. The lowest BCUT2D eigenvalue weighted by Crippen LogP contribution is -2.44. The van der Waals surface area contributed by atoms with Crippen LogP contribution in [-0.4, -0.2) is 59.4 Å². The van der Waals surface area contributed by atoms with Gasteiger partial charge in [0.2, 0.25) is 0 Å². The molecule has 2 atom stereocenters. The second kappa shape index (κ2) is 7.05. The first-order valence-corrected chi connectivity index (χ1v) is 7.64. The molecule has 2 aliphatic rings. The van der Waals surface area contributed by atoms with Crippen LogP contribution in [0.3, 0.4) is 0 Å². The average molecular weight is 316 g/mol. The zero-order chi connectivity index (χ0) is 14.0. The van der Waals surface area contributed by atoms with Crippen molar-refractivity contribution in [1.29, 1.82) is 0 Å². The number of rotatable bonds is 4. The van der Waals surface area contributed by atoms with Gasteiger partial charge in [-0.15, -0.1) is 12.4 Å². The molecule has 2 N–H and O–H groups in total. The third kappa shape index (κ3) is 3.94. The molecule has 120 valence electrons. The molecule has 3 rings (SSSR count). The summed E-state index contributed by atoms with van der Waals surface area (Å²) in [6, 6.07) is 0. The lowest BCUT2D eigenvalue weighted by atomic mass is 9.89. The Morgan fingerprint density at radius 1 is 1.48 bits per heavy atom. The number of aryl methyl sites for hydroxylation is 1. The lowest BCUT2D eigenvalue weighted by Gasteiger charge is -2.36. The normalized spacial score (nSPS) is 30.3. The first kappa shape index (κ1) is 16.7. The van der Waals surface area contributed by atoms with Crippen molar-refractivity contribution in [2.24, 2.45) is 5.41 Å². The predicted molar refractivity (Wildman–Crippen MR) is 83.7 cm³/mol. The van der Waals surface area contributed by atoms with Crippen molar-refractivity contribution < 1.29 is 4.74 Å². The van der Waals surface area contributed by atoms with Crippen LogP contribution < -0.4 is 5.32 Å². The molecule has 0 bridgehead atoms. The molecule has 6 nitrogen and oxygen atoms in total. The van der Waals surface area contributed by atoms with E-state index < -0.39 is 0 Å². The van der Waals surface area contributed by atoms with Crippen LogP contribution in [0.1, 0.15) is 38.0 Å². The van der Waals surface area contributed by atoms with E-state index in [1.165, 1.54) is 6.42 Å². The molecule has 2 fully saturated rings. The van der Waals surface area contributed by atoms with Crippen molar-refractivity contribution in [3.63, 3.8) is 0 Å². The van der Waals surface area contributed by atoms with Gasteiger partial charge < -0.3 is 10.1 Å². The fraction of sp³-hybridized carbons (Fsp3) is 0.857. The van der Waals surface area contributed by atoms with Gasteiger partial charge in [0.15, 0.2) is 5.82 Å². The van der Waals surface area contributed by atoms with E-state index in [0.29, 0.717) is 5.41 Å². The van der Waals surface area contributed by atoms with Gasteiger partial charge in [-0.25, -0.2) is 4.98 Å². The number of hydrogen-bond donors (Lipinski definition) is 2. The zero-order valence-corrected chi connectivity index (χ0v) is 13.7. The maximum Gasteiger partial charge on any atom is 0.180 e. The third-order valence-corrected chi connectivity index (χ3v) is 4.38. The molecule has 0 amide bonds. The van der Waals surface area contributed by atoms with Crippen LogP contribution in [0.5, 0.6) is 0 Å². The van der Waals surface area contributed by atoms with Crippen molar-refractivity contribution in [1.82, 2.24) is 25.4 Å². The summed E-state index contributed by atoms with van der Waals surface area (Å²) in [7, 11) is 0. The zero-order valence-electron chi connectivity index (χ0n) is 12.9. The van der Waals surface area contributed by atoms with Crippen LogP contribution in [0.15, 0.2) is 0 Å². The summed E-state index contributed by atoms with van der Waals surface area (Å²) in [5, 5.41) is 10.7. The largest absolute Gasteiger partial charge is 0.367 e. The summed E-state index contributed by atoms with van der Waals surface area (Å²) < 4.78 is 5.85. The van der Waals surface area contributed by atoms with Crippen LogP contribution in [0.4, 0.5) is 0 Å². The molecule has 0 aromatic carbocycles. The number of nitrogens with zero attached hydrogens (tertiary/aromatic N) is 3. The third-order valence-electron chi connectivity index (χ3n) is 4.38. The number of ether oxygens (including phenoxy) is 1. The van der Waals surface area contributed by atoms with Crippen LogP contribution in [0.2, 0.25) is 0 Å². The molecule has 0 saturated carbocycles. The Bertz CT molecular complexity index is 446. The summed E-state index contributed by atoms with van der Waals surface area (Å²) in [4.78, 5) is 7.01. The van der Waals surface area contributed by atoms with Gasteiger partial charge in [0.05, 0.1) is 6.61 Å². The second-order valence-corrected chi connectivity index (χ2v) is 6.33. The average Bonchev–Trinajstić information content (AvgIpc) is 3.08. The Labute approximate surface area is 132 Å². The van der Waals surface area contributed by atoms with E-state index in [1.54, 1.807) is 0 Å². The minimum Gasteiger partial charge on any atom is -0.367 e. The smallest absolute Gasteiger partial charge is 0.180 e. The monoisotopic (exact) mass is 315 g/mol. The summed E-state index contributed by atoms with van der Waals surface area (Å²) in [6.07, 6.45) is 2.15. The van der Waals surface area contributed by atoms with E-state index >= 15 is 0 Å². The van der Waals surface area contributed by atoms with Gasteiger partial charge in [-0.05, 0) is 18.4 Å². The summed E-state index contributed by atoms with van der Waals surface area (Å²) in [6.45, 7) is 10.5. The fourth-order valence-electron chi connectivity index (χ4n) is 3.16. The molecule has 0 spiro atoms. The van der Waals surface area contributed by atoms with Gasteiger partial charge in [-0.3, -0.25) is 10.00 Å². The fourth-order valence-corrected chi connectivity index (χ4v) is 3.16. The highest BCUT2D eigenvalue weighted by molar-refractivity contribution is 5.85. The van der Waals surface area contributed by atoms with E-state index in [-0.39, 0.29) is 18.5 Å². The van der Waals surface area contributed by atoms with Gasteiger partial charge in [-0.2, -0.15) is 5.10 Å². The molecule has 0 aliphatic carbocycles. The summed E-state index contributed by atoms with van der Waals surface area (Å²) in [5.41, 5.74) is 0.398. The molecule has 0 radical (unpaired) electrons. The van der Waals surface area contributed by atoms with Crippen molar-refractivity contribution in [3.8, 4) is 0 Å². The molecule has 2 unspecified atom stereocenters. The van der Waals surface area contributed by atoms with Crippen LogP contribution in [0.25, 0.3) is 0 Å². The first-order chi connectivity index (χ1) is 9.68.